The lowest BCUT2D eigenvalue weighted by Crippen LogP contribution is -2.01. The van der Waals surface area contributed by atoms with Crippen LogP contribution in [0.3, 0.4) is 0 Å². The molecule has 0 bridgehead atoms. The molecule has 0 aliphatic carbocycles. The second kappa shape index (κ2) is 17.1. The van der Waals surface area contributed by atoms with Gasteiger partial charge in [0.2, 0.25) is 0 Å². The van der Waals surface area contributed by atoms with E-state index in [1.807, 2.05) is 0 Å². The van der Waals surface area contributed by atoms with E-state index in [9.17, 15) is 4.79 Å². The number of esters is 1. The third kappa shape index (κ3) is 16.1. The zero-order valence-corrected chi connectivity index (χ0v) is 15.6. The molecule has 0 saturated heterocycles. The second-order valence-electron chi connectivity index (χ2n) is 6.39. The first-order chi connectivity index (χ1) is 10.7. The van der Waals surface area contributed by atoms with Gasteiger partial charge in [0.25, 0.3) is 0 Å². The summed E-state index contributed by atoms with van der Waals surface area (Å²) < 4.78 is 4.63. The summed E-state index contributed by atoms with van der Waals surface area (Å²) in [7, 11) is 1.45. The Balaban J connectivity index is 3.19. The molecular formula is C19H37ClO2. The first-order valence-corrected chi connectivity index (χ1v) is 9.85. The van der Waals surface area contributed by atoms with E-state index in [1.54, 1.807) is 0 Å². The third-order valence-corrected chi connectivity index (χ3v) is 4.68. The van der Waals surface area contributed by atoms with Gasteiger partial charge in [-0.1, -0.05) is 77.6 Å². The molecule has 0 N–H and O–H groups in total. The van der Waals surface area contributed by atoms with Gasteiger partial charge in [0.15, 0.2) is 0 Å². The third-order valence-electron chi connectivity index (χ3n) is 4.25. The lowest BCUT2D eigenvalue weighted by molar-refractivity contribution is -0.140. The topological polar surface area (TPSA) is 26.3 Å². The highest BCUT2D eigenvalue weighted by atomic mass is 35.5. The summed E-state index contributed by atoms with van der Waals surface area (Å²) in [6, 6.07) is 0. The molecule has 0 aromatic rings. The molecule has 0 heterocycles. The highest BCUT2D eigenvalue weighted by Crippen LogP contribution is 2.18. The van der Waals surface area contributed by atoms with Crippen LogP contribution in [0.25, 0.3) is 0 Å². The number of unbranched alkanes of at least 4 members (excludes halogenated alkanes) is 10. The standard InChI is InChI=1S/C19H37ClO2/c1-3-4-5-6-7-8-9-10-12-15-18(20)16-13-11-14-17-19(21)22-2/h18H,3-17H2,1-2H3. The lowest BCUT2D eigenvalue weighted by Gasteiger charge is -2.09. The predicted octanol–water partition coefficient (Wildman–Crippen LogP) is 6.64. The fourth-order valence-electron chi connectivity index (χ4n) is 2.73. The Morgan fingerprint density at radius 2 is 1.27 bits per heavy atom. The summed E-state index contributed by atoms with van der Waals surface area (Å²) in [6.07, 6.45) is 18.2. The molecule has 0 saturated carbocycles. The van der Waals surface area contributed by atoms with Crippen LogP contribution < -0.4 is 0 Å². The maximum Gasteiger partial charge on any atom is 0.305 e. The van der Waals surface area contributed by atoms with Crippen molar-refractivity contribution in [3.05, 3.63) is 0 Å². The van der Waals surface area contributed by atoms with Crippen molar-refractivity contribution in [1.82, 2.24) is 0 Å². The number of alkyl halides is 1. The van der Waals surface area contributed by atoms with E-state index >= 15 is 0 Å². The largest absolute Gasteiger partial charge is 0.469 e. The van der Waals surface area contributed by atoms with Crippen LogP contribution in [0.5, 0.6) is 0 Å². The van der Waals surface area contributed by atoms with Crippen molar-refractivity contribution < 1.29 is 9.53 Å². The monoisotopic (exact) mass is 332 g/mol. The van der Waals surface area contributed by atoms with Crippen molar-refractivity contribution in [3.63, 3.8) is 0 Å². The molecule has 0 aliphatic heterocycles. The van der Waals surface area contributed by atoms with Gasteiger partial charge in [-0.25, -0.2) is 0 Å². The van der Waals surface area contributed by atoms with Crippen LogP contribution in [0.1, 0.15) is 103 Å². The number of rotatable bonds is 16. The number of halogens is 1. The zero-order chi connectivity index (χ0) is 16.5. The Labute approximate surface area is 143 Å². The molecule has 1 unspecified atom stereocenters. The lowest BCUT2D eigenvalue weighted by atomic mass is 10.0. The van der Waals surface area contributed by atoms with Crippen LogP contribution in [-0.2, 0) is 9.53 Å². The van der Waals surface area contributed by atoms with E-state index < -0.39 is 0 Å². The summed E-state index contributed by atoms with van der Waals surface area (Å²) >= 11 is 6.36. The Kier molecular flexibility index (Phi) is 16.9. The highest BCUT2D eigenvalue weighted by Gasteiger charge is 2.05. The van der Waals surface area contributed by atoms with Gasteiger partial charge in [0, 0.05) is 11.8 Å². The fourth-order valence-corrected chi connectivity index (χ4v) is 3.04. The van der Waals surface area contributed by atoms with E-state index in [-0.39, 0.29) is 5.97 Å². The minimum absolute atomic E-state index is 0.0999. The smallest absolute Gasteiger partial charge is 0.305 e. The van der Waals surface area contributed by atoms with Crippen LogP contribution >= 0.6 is 11.6 Å². The van der Waals surface area contributed by atoms with Gasteiger partial charge in [-0.3, -0.25) is 4.79 Å². The normalized spacial score (nSPS) is 12.3. The molecule has 0 amide bonds. The summed E-state index contributed by atoms with van der Waals surface area (Å²) in [6.45, 7) is 2.27. The number of ether oxygens (including phenoxy) is 1. The Morgan fingerprint density at radius 3 is 1.77 bits per heavy atom. The zero-order valence-electron chi connectivity index (χ0n) is 14.9. The van der Waals surface area contributed by atoms with E-state index in [2.05, 4.69) is 11.7 Å². The van der Waals surface area contributed by atoms with E-state index in [0.29, 0.717) is 11.8 Å². The number of carbonyl (C=O) groups excluding carboxylic acids is 1. The molecule has 0 spiro atoms. The van der Waals surface area contributed by atoms with Crippen LogP contribution in [-0.4, -0.2) is 18.5 Å². The molecule has 22 heavy (non-hydrogen) atoms. The molecule has 3 heteroatoms. The first kappa shape index (κ1) is 21.8. The van der Waals surface area contributed by atoms with Gasteiger partial charge < -0.3 is 4.74 Å². The predicted molar refractivity (Wildman–Crippen MR) is 96.6 cm³/mol. The molecule has 0 rings (SSSR count). The molecule has 2 nitrogen and oxygen atoms in total. The molecule has 0 aromatic carbocycles. The summed E-state index contributed by atoms with van der Waals surface area (Å²) in [4.78, 5) is 11.0. The fraction of sp³-hybridized carbons (Fsp3) is 0.947. The molecule has 0 fully saturated rings. The van der Waals surface area contributed by atoms with E-state index in [4.69, 9.17) is 11.6 Å². The van der Waals surface area contributed by atoms with E-state index in [1.165, 1.54) is 64.9 Å². The molecule has 0 aliphatic rings. The molecule has 0 aromatic heterocycles. The van der Waals surface area contributed by atoms with Gasteiger partial charge >= 0.3 is 5.97 Å². The van der Waals surface area contributed by atoms with Gasteiger partial charge in [0.1, 0.15) is 0 Å². The number of methoxy groups -OCH3 is 1. The maximum atomic E-state index is 11.0. The maximum absolute atomic E-state index is 11.0. The van der Waals surface area contributed by atoms with Crippen LogP contribution in [0.4, 0.5) is 0 Å². The second-order valence-corrected chi connectivity index (χ2v) is 7.01. The SMILES string of the molecule is CCCCCCCCCCCC(Cl)CCCCCC(=O)OC. The van der Waals surface area contributed by atoms with Crippen molar-refractivity contribution in [1.29, 1.82) is 0 Å². The minimum Gasteiger partial charge on any atom is -0.469 e. The number of hydrogen-bond acceptors (Lipinski definition) is 2. The average molecular weight is 333 g/mol. The first-order valence-electron chi connectivity index (χ1n) is 9.41. The molecular weight excluding hydrogens is 296 g/mol. The Hall–Kier alpha value is -0.240. The van der Waals surface area contributed by atoms with Crippen molar-refractivity contribution in [3.8, 4) is 0 Å². The summed E-state index contributed by atoms with van der Waals surface area (Å²) in [5.41, 5.74) is 0. The van der Waals surface area contributed by atoms with Crippen molar-refractivity contribution >= 4 is 17.6 Å². The van der Waals surface area contributed by atoms with Gasteiger partial charge in [-0.2, -0.15) is 0 Å². The number of carbonyl (C=O) groups is 1. The van der Waals surface area contributed by atoms with Crippen LogP contribution in [0, 0.1) is 0 Å². The van der Waals surface area contributed by atoms with Crippen LogP contribution in [0.2, 0.25) is 0 Å². The Morgan fingerprint density at radius 1 is 0.818 bits per heavy atom. The van der Waals surface area contributed by atoms with Crippen molar-refractivity contribution in [2.45, 2.75) is 109 Å². The Bertz CT molecular complexity index is 244. The van der Waals surface area contributed by atoms with Gasteiger partial charge in [0.05, 0.1) is 7.11 Å². The van der Waals surface area contributed by atoms with Crippen LogP contribution in [0.15, 0.2) is 0 Å². The molecule has 1 atom stereocenters. The average Bonchev–Trinajstić information content (AvgIpc) is 2.52. The molecule has 0 radical (unpaired) electrons. The van der Waals surface area contributed by atoms with Gasteiger partial charge in [-0.05, 0) is 19.3 Å². The van der Waals surface area contributed by atoms with Crippen molar-refractivity contribution in [2.24, 2.45) is 0 Å². The quantitative estimate of drug-likeness (QED) is 0.180. The summed E-state index contributed by atoms with van der Waals surface area (Å²) in [5, 5.41) is 0.322. The van der Waals surface area contributed by atoms with E-state index in [0.717, 1.165) is 32.1 Å². The number of hydrogen-bond donors (Lipinski definition) is 0. The van der Waals surface area contributed by atoms with Crippen molar-refractivity contribution in [2.75, 3.05) is 7.11 Å². The van der Waals surface area contributed by atoms with Gasteiger partial charge in [-0.15, -0.1) is 11.6 Å². The molecule has 132 valence electrons. The highest BCUT2D eigenvalue weighted by molar-refractivity contribution is 6.20. The summed E-state index contributed by atoms with van der Waals surface area (Å²) in [5.74, 6) is -0.0999. The minimum atomic E-state index is -0.0999.